The molecule has 0 bridgehead atoms. The molecule has 2 nitrogen and oxygen atoms in total. The van der Waals surface area contributed by atoms with E-state index in [4.69, 9.17) is 0 Å². The van der Waals surface area contributed by atoms with E-state index in [0.717, 1.165) is 5.69 Å². The number of rotatable bonds is 3. The second-order valence-electron chi connectivity index (χ2n) is 7.95. The maximum atomic E-state index is 2.37. The van der Waals surface area contributed by atoms with E-state index in [2.05, 4.69) is 132 Å². The van der Waals surface area contributed by atoms with Crippen LogP contribution in [0.2, 0.25) is 0 Å². The molecule has 6 aromatic rings. The van der Waals surface area contributed by atoms with Crippen molar-refractivity contribution in [2.45, 2.75) is 0 Å². The van der Waals surface area contributed by atoms with Crippen LogP contribution in [0.25, 0.3) is 38.3 Å². The van der Waals surface area contributed by atoms with Gasteiger partial charge in [-0.05, 0) is 41.8 Å². The molecular weight excluding hydrogens is 376 g/mol. The average molecular weight is 399 g/mol. The van der Waals surface area contributed by atoms with Gasteiger partial charge < -0.3 is 9.47 Å². The molecule has 0 saturated heterocycles. The first-order valence-corrected chi connectivity index (χ1v) is 10.6. The van der Waals surface area contributed by atoms with Crippen molar-refractivity contribution < 1.29 is 0 Å². The van der Waals surface area contributed by atoms with Crippen LogP contribution in [0.4, 0.5) is 11.4 Å². The fourth-order valence-electron chi connectivity index (χ4n) is 4.68. The molecule has 6 rings (SSSR count). The molecule has 2 heteroatoms. The second kappa shape index (κ2) is 7.03. The van der Waals surface area contributed by atoms with Crippen molar-refractivity contribution in [3.8, 4) is 5.69 Å². The molecule has 0 saturated carbocycles. The van der Waals surface area contributed by atoms with Crippen LogP contribution in [0, 0.1) is 0 Å². The molecule has 5 aromatic carbocycles. The zero-order valence-corrected chi connectivity index (χ0v) is 17.4. The Morgan fingerprint density at radius 1 is 0.548 bits per heavy atom. The van der Waals surface area contributed by atoms with Gasteiger partial charge in [-0.2, -0.15) is 0 Å². The SMILES string of the molecule is CN(c1cccc(-n2c3ccccc3c3ccccc32)c1)c1cccc2ccccc12. The van der Waals surface area contributed by atoms with Crippen molar-refractivity contribution in [1.82, 2.24) is 4.57 Å². The van der Waals surface area contributed by atoms with Crippen molar-refractivity contribution in [2.24, 2.45) is 0 Å². The Morgan fingerprint density at radius 3 is 1.87 bits per heavy atom. The quantitative estimate of drug-likeness (QED) is 0.296. The molecule has 0 aliphatic rings. The van der Waals surface area contributed by atoms with E-state index < -0.39 is 0 Å². The van der Waals surface area contributed by atoms with Gasteiger partial charge in [0, 0.05) is 40.3 Å². The molecule has 148 valence electrons. The van der Waals surface area contributed by atoms with Gasteiger partial charge in [-0.1, -0.05) is 78.9 Å². The third-order valence-electron chi connectivity index (χ3n) is 6.18. The van der Waals surface area contributed by atoms with E-state index in [-0.39, 0.29) is 0 Å². The maximum Gasteiger partial charge on any atom is 0.0541 e. The number of hydrogen-bond acceptors (Lipinski definition) is 1. The van der Waals surface area contributed by atoms with Crippen LogP contribution in [-0.4, -0.2) is 11.6 Å². The number of anilines is 2. The van der Waals surface area contributed by atoms with Gasteiger partial charge >= 0.3 is 0 Å². The summed E-state index contributed by atoms with van der Waals surface area (Å²) in [6.45, 7) is 0. The zero-order valence-electron chi connectivity index (χ0n) is 17.4. The summed E-state index contributed by atoms with van der Waals surface area (Å²) in [4.78, 5) is 2.28. The van der Waals surface area contributed by atoms with Gasteiger partial charge in [-0.3, -0.25) is 0 Å². The van der Waals surface area contributed by atoms with Gasteiger partial charge in [0.2, 0.25) is 0 Å². The molecule has 1 heterocycles. The lowest BCUT2D eigenvalue weighted by atomic mass is 10.1. The number of fused-ring (bicyclic) bond motifs is 4. The predicted molar refractivity (Wildman–Crippen MR) is 133 cm³/mol. The van der Waals surface area contributed by atoms with E-state index in [1.165, 1.54) is 44.0 Å². The first-order chi connectivity index (χ1) is 15.3. The van der Waals surface area contributed by atoms with Gasteiger partial charge in [0.1, 0.15) is 0 Å². The lowest BCUT2D eigenvalue weighted by molar-refractivity contribution is 1.16. The highest BCUT2D eigenvalue weighted by molar-refractivity contribution is 6.09. The number of nitrogens with zero attached hydrogens (tertiary/aromatic N) is 2. The highest BCUT2D eigenvalue weighted by atomic mass is 15.1. The Morgan fingerprint density at radius 2 is 1.13 bits per heavy atom. The lowest BCUT2D eigenvalue weighted by Crippen LogP contribution is -2.10. The molecule has 0 atom stereocenters. The van der Waals surface area contributed by atoms with Crippen LogP contribution in [0.3, 0.4) is 0 Å². The van der Waals surface area contributed by atoms with Crippen molar-refractivity contribution >= 4 is 44.0 Å². The molecule has 0 radical (unpaired) electrons. The highest BCUT2D eigenvalue weighted by Gasteiger charge is 2.13. The van der Waals surface area contributed by atoms with Crippen LogP contribution < -0.4 is 4.90 Å². The van der Waals surface area contributed by atoms with Crippen LogP contribution in [0.1, 0.15) is 0 Å². The Hall–Kier alpha value is -4.04. The van der Waals surface area contributed by atoms with Gasteiger partial charge in [0.05, 0.1) is 11.0 Å². The Balaban J connectivity index is 1.54. The molecule has 31 heavy (non-hydrogen) atoms. The van der Waals surface area contributed by atoms with Crippen LogP contribution in [0.5, 0.6) is 0 Å². The minimum Gasteiger partial charge on any atom is -0.344 e. The molecule has 0 aliphatic heterocycles. The molecule has 0 aliphatic carbocycles. The van der Waals surface area contributed by atoms with Crippen molar-refractivity contribution in [3.63, 3.8) is 0 Å². The summed E-state index contributed by atoms with van der Waals surface area (Å²) in [5, 5.41) is 5.08. The molecule has 1 aromatic heterocycles. The molecular formula is C29H22N2. The summed E-state index contributed by atoms with van der Waals surface area (Å²) in [5.41, 5.74) is 6.00. The standard InChI is InChI=1S/C29H22N2/c1-30(27-19-8-11-21-10-2-3-14-24(21)27)22-12-9-13-23(20-22)31-28-17-6-4-15-25(28)26-16-5-7-18-29(26)31/h2-20H,1H3. The summed E-state index contributed by atoms with van der Waals surface area (Å²) in [7, 11) is 2.15. The molecule has 0 unspecified atom stereocenters. The zero-order chi connectivity index (χ0) is 20.8. The maximum absolute atomic E-state index is 2.37. The Labute approximate surface area is 181 Å². The van der Waals surface area contributed by atoms with Crippen molar-refractivity contribution in [1.29, 1.82) is 0 Å². The summed E-state index contributed by atoms with van der Waals surface area (Å²) in [6, 6.07) is 41.1. The predicted octanol–water partition coefficient (Wildman–Crippen LogP) is 7.70. The topological polar surface area (TPSA) is 8.17 Å². The number of aromatic nitrogens is 1. The van der Waals surface area contributed by atoms with Crippen molar-refractivity contribution in [3.05, 3.63) is 115 Å². The monoisotopic (exact) mass is 398 g/mol. The van der Waals surface area contributed by atoms with E-state index in [0.29, 0.717) is 0 Å². The third kappa shape index (κ3) is 2.80. The summed E-state index contributed by atoms with van der Waals surface area (Å²) < 4.78 is 2.37. The normalized spacial score (nSPS) is 11.4. The summed E-state index contributed by atoms with van der Waals surface area (Å²) in [5.74, 6) is 0. The smallest absolute Gasteiger partial charge is 0.0541 e. The second-order valence-corrected chi connectivity index (χ2v) is 7.95. The van der Waals surface area contributed by atoms with E-state index >= 15 is 0 Å². The Bertz CT molecular complexity index is 1500. The number of hydrogen-bond donors (Lipinski definition) is 0. The molecule has 0 fully saturated rings. The van der Waals surface area contributed by atoms with Crippen LogP contribution in [0.15, 0.2) is 115 Å². The van der Waals surface area contributed by atoms with E-state index in [9.17, 15) is 0 Å². The van der Waals surface area contributed by atoms with Gasteiger partial charge in [-0.15, -0.1) is 0 Å². The fourth-order valence-corrected chi connectivity index (χ4v) is 4.68. The fraction of sp³-hybridized carbons (Fsp3) is 0.0345. The van der Waals surface area contributed by atoms with Gasteiger partial charge in [-0.25, -0.2) is 0 Å². The number of para-hydroxylation sites is 2. The van der Waals surface area contributed by atoms with Gasteiger partial charge in [0.25, 0.3) is 0 Å². The van der Waals surface area contributed by atoms with Crippen molar-refractivity contribution in [2.75, 3.05) is 11.9 Å². The first-order valence-electron chi connectivity index (χ1n) is 10.6. The van der Waals surface area contributed by atoms with Crippen LogP contribution >= 0.6 is 0 Å². The summed E-state index contributed by atoms with van der Waals surface area (Å²) >= 11 is 0. The lowest BCUT2D eigenvalue weighted by Gasteiger charge is -2.22. The Kier molecular flexibility index (Phi) is 4.03. The first kappa shape index (κ1) is 17.8. The van der Waals surface area contributed by atoms with E-state index in [1.54, 1.807) is 0 Å². The molecule has 0 N–H and O–H groups in total. The van der Waals surface area contributed by atoms with Crippen LogP contribution in [-0.2, 0) is 0 Å². The number of benzene rings is 5. The minimum atomic E-state index is 1.16. The largest absolute Gasteiger partial charge is 0.344 e. The van der Waals surface area contributed by atoms with Gasteiger partial charge in [0.15, 0.2) is 0 Å². The summed E-state index contributed by atoms with van der Waals surface area (Å²) in [6.07, 6.45) is 0. The molecule has 0 amide bonds. The minimum absolute atomic E-state index is 1.16. The highest BCUT2D eigenvalue weighted by Crippen LogP contribution is 2.35. The van der Waals surface area contributed by atoms with E-state index in [1.807, 2.05) is 0 Å². The average Bonchev–Trinajstić information content (AvgIpc) is 3.18. The molecule has 0 spiro atoms. The third-order valence-corrected chi connectivity index (χ3v) is 6.18.